The SMILES string of the molecule is O=P(O)(O)OCC(CNF)COP(=O)(O)OCCOCCOCCOP(=O)(O)OCC(CO)CNF. The highest BCUT2D eigenvalue weighted by atomic mass is 31.2. The van der Waals surface area contributed by atoms with Crippen molar-refractivity contribution in [2.24, 2.45) is 11.8 Å². The van der Waals surface area contributed by atoms with E-state index in [1.165, 1.54) is 11.1 Å². The lowest BCUT2D eigenvalue weighted by Crippen LogP contribution is -2.25. The molecular formula is C14H33F2N2O15P3. The second-order valence-electron chi connectivity index (χ2n) is 6.80. The van der Waals surface area contributed by atoms with E-state index in [1.807, 2.05) is 0 Å². The Balaban J connectivity index is 3.88. The predicted molar refractivity (Wildman–Crippen MR) is 115 cm³/mol. The number of hydrogen-bond donors (Lipinski definition) is 7. The van der Waals surface area contributed by atoms with Crippen molar-refractivity contribution in [1.29, 1.82) is 0 Å². The summed E-state index contributed by atoms with van der Waals surface area (Å²) in [5, 5.41) is 8.94. The number of aliphatic hydroxyl groups is 1. The minimum absolute atomic E-state index is 0.0194. The van der Waals surface area contributed by atoms with E-state index in [0.29, 0.717) is 0 Å². The Kier molecular flexibility index (Phi) is 20.0. The Morgan fingerprint density at radius 1 is 0.611 bits per heavy atom. The summed E-state index contributed by atoms with van der Waals surface area (Å²) in [5.41, 5.74) is 2.53. The second kappa shape index (κ2) is 20.0. The fourth-order valence-corrected chi connectivity index (χ4v) is 3.94. The quantitative estimate of drug-likeness (QED) is 0.0399. The van der Waals surface area contributed by atoms with Gasteiger partial charge in [-0.15, -0.1) is 8.96 Å². The zero-order valence-electron chi connectivity index (χ0n) is 19.1. The molecule has 0 rings (SSSR count). The van der Waals surface area contributed by atoms with Crippen LogP contribution in [0.2, 0.25) is 0 Å². The smallest absolute Gasteiger partial charge is 0.396 e. The van der Waals surface area contributed by atoms with Crippen LogP contribution in [0.15, 0.2) is 0 Å². The van der Waals surface area contributed by atoms with E-state index in [2.05, 4.69) is 22.6 Å². The van der Waals surface area contributed by atoms with Crippen molar-refractivity contribution >= 4 is 23.5 Å². The molecule has 0 saturated heterocycles. The van der Waals surface area contributed by atoms with Gasteiger partial charge in [0, 0.05) is 31.5 Å². The van der Waals surface area contributed by atoms with Crippen LogP contribution in [-0.2, 0) is 45.8 Å². The highest BCUT2D eigenvalue weighted by Crippen LogP contribution is 2.44. The van der Waals surface area contributed by atoms with Gasteiger partial charge in [-0.25, -0.2) is 13.7 Å². The van der Waals surface area contributed by atoms with E-state index < -0.39 is 68.3 Å². The molecule has 22 heteroatoms. The van der Waals surface area contributed by atoms with Crippen LogP contribution < -0.4 is 11.1 Å². The molecule has 0 bridgehead atoms. The minimum Gasteiger partial charge on any atom is -0.396 e. The van der Waals surface area contributed by atoms with Crippen LogP contribution in [0.4, 0.5) is 8.96 Å². The number of rotatable bonds is 25. The summed E-state index contributed by atoms with van der Waals surface area (Å²) in [4.78, 5) is 36.3. The van der Waals surface area contributed by atoms with Crippen molar-refractivity contribution in [3.63, 3.8) is 0 Å². The number of phosphoric ester groups is 3. The Bertz CT molecular complexity index is 706. The first-order valence-electron chi connectivity index (χ1n) is 10.2. The number of hydrogen-bond acceptors (Lipinski definition) is 13. The van der Waals surface area contributed by atoms with Gasteiger partial charge in [-0.05, 0) is 0 Å². The number of ether oxygens (including phenoxy) is 2. The third-order valence-electron chi connectivity index (χ3n) is 3.75. The molecule has 0 aliphatic heterocycles. The van der Waals surface area contributed by atoms with Gasteiger partial charge in [0.2, 0.25) is 0 Å². The topological polar surface area (TPSA) is 241 Å². The second-order valence-corrected chi connectivity index (χ2v) is 10.9. The molecule has 0 fully saturated rings. The summed E-state index contributed by atoms with van der Waals surface area (Å²) in [6.45, 7) is -3.79. The molecule has 36 heavy (non-hydrogen) atoms. The fourth-order valence-electron chi connectivity index (χ4n) is 1.98. The van der Waals surface area contributed by atoms with E-state index in [4.69, 9.17) is 24.4 Å². The summed E-state index contributed by atoms with van der Waals surface area (Å²) in [6, 6.07) is 0. The molecule has 0 aromatic rings. The molecule has 4 atom stereocenters. The molecule has 0 radical (unpaired) electrons. The van der Waals surface area contributed by atoms with Gasteiger partial charge in [-0.3, -0.25) is 22.6 Å². The summed E-state index contributed by atoms with van der Waals surface area (Å²) < 4.78 is 91.2. The molecule has 218 valence electrons. The molecule has 0 amide bonds. The normalized spacial score (nSPS) is 17.4. The third-order valence-corrected chi connectivity index (χ3v) is 6.21. The maximum absolute atomic E-state index is 12.2. The summed E-state index contributed by atoms with van der Waals surface area (Å²) in [6.07, 6.45) is 0. The van der Waals surface area contributed by atoms with E-state index in [-0.39, 0.29) is 46.2 Å². The number of aliphatic hydroxyl groups excluding tert-OH is 1. The van der Waals surface area contributed by atoms with Gasteiger partial charge in [0.1, 0.15) is 0 Å². The van der Waals surface area contributed by atoms with Gasteiger partial charge in [-0.2, -0.15) is 11.1 Å². The molecule has 0 saturated carbocycles. The van der Waals surface area contributed by atoms with Crippen molar-refractivity contribution in [2.75, 3.05) is 79.2 Å². The van der Waals surface area contributed by atoms with Gasteiger partial charge in [0.15, 0.2) is 0 Å². The van der Waals surface area contributed by atoms with Crippen molar-refractivity contribution in [2.45, 2.75) is 0 Å². The number of halogens is 2. The lowest BCUT2D eigenvalue weighted by Gasteiger charge is -2.18. The largest absolute Gasteiger partial charge is 0.472 e. The lowest BCUT2D eigenvalue weighted by atomic mass is 10.2. The van der Waals surface area contributed by atoms with Crippen LogP contribution in [0.5, 0.6) is 0 Å². The van der Waals surface area contributed by atoms with Crippen LogP contribution in [0, 0.1) is 11.8 Å². The Morgan fingerprint density at radius 3 is 1.42 bits per heavy atom. The van der Waals surface area contributed by atoms with E-state index >= 15 is 0 Å². The molecular weight excluding hydrogens is 567 g/mol. The Hall–Kier alpha value is -0.0100. The molecule has 0 aliphatic rings. The molecule has 0 aliphatic carbocycles. The third kappa shape index (κ3) is 22.0. The number of nitrogens with one attached hydrogen (secondary N) is 2. The van der Waals surface area contributed by atoms with Gasteiger partial charge in [-0.1, -0.05) is 0 Å². The lowest BCUT2D eigenvalue weighted by molar-refractivity contribution is 0.0160. The van der Waals surface area contributed by atoms with E-state index in [9.17, 15) is 32.4 Å². The first-order chi connectivity index (χ1) is 16.8. The van der Waals surface area contributed by atoms with Crippen molar-refractivity contribution < 1.29 is 79.4 Å². The zero-order chi connectivity index (χ0) is 27.5. The molecule has 7 N–H and O–H groups in total. The van der Waals surface area contributed by atoms with Crippen LogP contribution in [0.25, 0.3) is 0 Å². The Labute approximate surface area is 205 Å². The standard InChI is InChI=1S/C14H33F2N2O15P3/c15-17-7-13(9-19)10-32-35(23,24)29-5-3-27-1-2-28-4-6-30-36(25,26)33-12-14(8-18-16)11-31-34(20,21)22/h13-14,17-19H,1-12H2,(H,23,24)(H,25,26)(H2,20,21,22). The van der Waals surface area contributed by atoms with E-state index in [0.717, 1.165) is 0 Å². The minimum atomic E-state index is -4.81. The Morgan fingerprint density at radius 2 is 1.00 bits per heavy atom. The first-order valence-corrected chi connectivity index (χ1v) is 14.7. The molecule has 17 nitrogen and oxygen atoms in total. The van der Waals surface area contributed by atoms with Gasteiger partial charge in [0.25, 0.3) is 0 Å². The monoisotopic (exact) mass is 600 g/mol. The average molecular weight is 600 g/mol. The highest BCUT2D eigenvalue weighted by molar-refractivity contribution is 7.47. The molecule has 4 unspecified atom stereocenters. The molecule has 0 aromatic heterocycles. The fraction of sp³-hybridized carbons (Fsp3) is 1.00. The van der Waals surface area contributed by atoms with Crippen LogP contribution in [0.3, 0.4) is 0 Å². The summed E-state index contributed by atoms with van der Waals surface area (Å²) >= 11 is 0. The first kappa shape index (κ1) is 36.0. The molecule has 0 heterocycles. The molecule has 0 spiro atoms. The summed E-state index contributed by atoms with van der Waals surface area (Å²) in [7, 11) is -13.8. The van der Waals surface area contributed by atoms with Crippen LogP contribution >= 0.6 is 23.5 Å². The highest BCUT2D eigenvalue weighted by Gasteiger charge is 2.25. The van der Waals surface area contributed by atoms with E-state index in [1.54, 1.807) is 0 Å². The maximum Gasteiger partial charge on any atom is 0.472 e. The van der Waals surface area contributed by atoms with Crippen molar-refractivity contribution in [3.05, 3.63) is 0 Å². The van der Waals surface area contributed by atoms with Crippen LogP contribution in [0.1, 0.15) is 0 Å². The van der Waals surface area contributed by atoms with Crippen molar-refractivity contribution in [3.8, 4) is 0 Å². The number of phosphoric acid groups is 3. The van der Waals surface area contributed by atoms with Gasteiger partial charge < -0.3 is 34.2 Å². The van der Waals surface area contributed by atoms with Gasteiger partial charge in [0.05, 0.1) is 59.5 Å². The predicted octanol–water partition coefficient (Wildman–Crippen LogP) is -0.431. The van der Waals surface area contributed by atoms with Gasteiger partial charge >= 0.3 is 23.5 Å². The summed E-state index contributed by atoms with van der Waals surface area (Å²) in [5.74, 6) is -1.75. The molecule has 0 aromatic carbocycles. The average Bonchev–Trinajstić information content (AvgIpc) is 2.79. The zero-order valence-corrected chi connectivity index (χ0v) is 21.7. The maximum atomic E-state index is 12.2. The van der Waals surface area contributed by atoms with Crippen LogP contribution in [-0.4, -0.2) is 104 Å². The van der Waals surface area contributed by atoms with Crippen molar-refractivity contribution in [1.82, 2.24) is 11.1 Å².